The number of hydrogen-bond acceptors (Lipinski definition) is 4. The third kappa shape index (κ3) is 4.19. The van der Waals surface area contributed by atoms with Crippen molar-refractivity contribution in [3.63, 3.8) is 0 Å². The molecule has 2 heterocycles. The van der Waals surface area contributed by atoms with Gasteiger partial charge in [-0.1, -0.05) is 36.4 Å². The van der Waals surface area contributed by atoms with Gasteiger partial charge in [-0.25, -0.2) is 13.1 Å². The highest BCUT2D eigenvalue weighted by molar-refractivity contribution is 7.92. The van der Waals surface area contributed by atoms with E-state index in [2.05, 4.69) is 9.82 Å². The normalized spacial score (nSPS) is 12.0. The number of benzene rings is 1. The predicted molar refractivity (Wildman–Crippen MR) is 97.8 cm³/mol. The van der Waals surface area contributed by atoms with Gasteiger partial charge < -0.3 is 0 Å². The standard InChI is InChI=1S/C17H17N3O2S2/c1-20-15(12-16(19-20)17-8-5-10-23-17)13-18-24(21,22)11-9-14-6-3-2-4-7-14/h2-12,18H,13H2,1H3/b11-9+. The average Bonchev–Trinajstić information content (AvgIpc) is 3.22. The molecule has 0 saturated heterocycles. The minimum atomic E-state index is -3.51. The summed E-state index contributed by atoms with van der Waals surface area (Å²) in [6.45, 7) is 0.191. The van der Waals surface area contributed by atoms with Gasteiger partial charge in [0.1, 0.15) is 5.69 Å². The van der Waals surface area contributed by atoms with Gasteiger partial charge in [-0.15, -0.1) is 11.3 Å². The highest BCUT2D eigenvalue weighted by atomic mass is 32.2. The summed E-state index contributed by atoms with van der Waals surface area (Å²) < 4.78 is 28.5. The summed E-state index contributed by atoms with van der Waals surface area (Å²) >= 11 is 1.60. The Labute approximate surface area is 145 Å². The maximum atomic E-state index is 12.1. The Hall–Kier alpha value is -2.22. The first kappa shape index (κ1) is 16.6. The summed E-state index contributed by atoms with van der Waals surface area (Å²) in [4.78, 5) is 1.06. The van der Waals surface area contributed by atoms with E-state index in [0.717, 1.165) is 21.8 Å². The van der Waals surface area contributed by atoms with E-state index < -0.39 is 10.0 Å². The van der Waals surface area contributed by atoms with Crippen LogP contribution in [0.1, 0.15) is 11.3 Å². The molecule has 1 aromatic carbocycles. The summed E-state index contributed by atoms with van der Waals surface area (Å²) in [5, 5.41) is 7.59. The van der Waals surface area contributed by atoms with E-state index in [-0.39, 0.29) is 6.54 Å². The van der Waals surface area contributed by atoms with E-state index in [1.54, 1.807) is 29.1 Å². The van der Waals surface area contributed by atoms with Crippen LogP contribution in [0.4, 0.5) is 0 Å². The van der Waals surface area contributed by atoms with Crippen LogP contribution in [-0.2, 0) is 23.6 Å². The van der Waals surface area contributed by atoms with Crippen molar-refractivity contribution in [3.05, 3.63) is 70.6 Å². The van der Waals surface area contributed by atoms with Crippen LogP contribution in [0.2, 0.25) is 0 Å². The van der Waals surface area contributed by atoms with Gasteiger partial charge in [0.05, 0.1) is 17.1 Å². The van der Waals surface area contributed by atoms with E-state index in [4.69, 9.17) is 0 Å². The molecule has 0 radical (unpaired) electrons. The number of rotatable bonds is 6. The smallest absolute Gasteiger partial charge is 0.234 e. The zero-order chi connectivity index (χ0) is 17.0. The molecule has 3 rings (SSSR count). The lowest BCUT2D eigenvalue weighted by Crippen LogP contribution is -2.22. The molecule has 0 unspecified atom stereocenters. The Kier molecular flexibility index (Phi) is 4.94. The summed E-state index contributed by atoms with van der Waals surface area (Å²) in [6, 6.07) is 15.2. The molecule has 0 aliphatic carbocycles. The van der Waals surface area contributed by atoms with Crippen LogP contribution in [0.5, 0.6) is 0 Å². The number of thiophene rings is 1. The molecule has 0 bridgehead atoms. The second kappa shape index (κ2) is 7.12. The Morgan fingerprint density at radius 2 is 2.00 bits per heavy atom. The van der Waals surface area contributed by atoms with E-state index in [9.17, 15) is 8.42 Å². The molecule has 2 aromatic heterocycles. The number of sulfonamides is 1. The molecule has 0 fully saturated rings. The lowest BCUT2D eigenvalue weighted by Gasteiger charge is -2.03. The van der Waals surface area contributed by atoms with Gasteiger partial charge >= 0.3 is 0 Å². The molecular formula is C17H17N3O2S2. The SMILES string of the molecule is Cn1nc(-c2cccs2)cc1CNS(=O)(=O)/C=C/c1ccccc1. The molecule has 0 saturated carbocycles. The monoisotopic (exact) mass is 359 g/mol. The molecule has 24 heavy (non-hydrogen) atoms. The second-order valence-electron chi connectivity index (χ2n) is 5.20. The molecule has 0 atom stereocenters. The van der Waals surface area contributed by atoms with Gasteiger partial charge in [-0.3, -0.25) is 4.68 Å². The summed E-state index contributed by atoms with van der Waals surface area (Å²) in [5.74, 6) is 0. The predicted octanol–water partition coefficient (Wildman–Crippen LogP) is 3.24. The van der Waals surface area contributed by atoms with Gasteiger partial charge in [-0.05, 0) is 29.2 Å². The van der Waals surface area contributed by atoms with E-state index in [1.165, 1.54) is 5.41 Å². The van der Waals surface area contributed by atoms with Crippen LogP contribution in [0.3, 0.4) is 0 Å². The summed E-state index contributed by atoms with van der Waals surface area (Å²) in [6.07, 6.45) is 1.57. The van der Waals surface area contributed by atoms with Crippen molar-refractivity contribution in [2.75, 3.05) is 0 Å². The molecule has 0 spiro atoms. The Morgan fingerprint density at radius 3 is 2.71 bits per heavy atom. The van der Waals surface area contributed by atoms with Crippen molar-refractivity contribution in [3.8, 4) is 10.6 Å². The second-order valence-corrected chi connectivity index (χ2v) is 7.80. The molecule has 7 heteroatoms. The first-order valence-electron chi connectivity index (χ1n) is 7.33. The molecule has 0 aliphatic heterocycles. The van der Waals surface area contributed by atoms with Crippen molar-refractivity contribution >= 4 is 27.4 Å². The maximum Gasteiger partial charge on any atom is 0.234 e. The quantitative estimate of drug-likeness (QED) is 0.735. The lowest BCUT2D eigenvalue weighted by atomic mass is 10.2. The van der Waals surface area contributed by atoms with E-state index in [0.29, 0.717) is 0 Å². The largest absolute Gasteiger partial charge is 0.271 e. The number of aromatic nitrogens is 2. The van der Waals surface area contributed by atoms with Gasteiger partial charge in [0.15, 0.2) is 0 Å². The fourth-order valence-corrected chi connectivity index (χ4v) is 3.63. The van der Waals surface area contributed by atoms with Gasteiger partial charge in [0.2, 0.25) is 10.0 Å². The first-order chi connectivity index (χ1) is 11.5. The van der Waals surface area contributed by atoms with Gasteiger partial charge in [0.25, 0.3) is 0 Å². The molecule has 1 N–H and O–H groups in total. The summed E-state index contributed by atoms with van der Waals surface area (Å²) in [5.41, 5.74) is 2.49. The maximum absolute atomic E-state index is 12.1. The fraction of sp³-hybridized carbons (Fsp3) is 0.118. The first-order valence-corrected chi connectivity index (χ1v) is 9.76. The fourth-order valence-electron chi connectivity index (χ4n) is 2.17. The molecular weight excluding hydrogens is 342 g/mol. The minimum Gasteiger partial charge on any atom is -0.271 e. The number of hydrogen-bond donors (Lipinski definition) is 1. The highest BCUT2D eigenvalue weighted by Gasteiger charge is 2.11. The Bertz CT molecular complexity index is 928. The molecule has 0 amide bonds. The van der Waals surface area contributed by atoms with E-state index >= 15 is 0 Å². The third-order valence-corrected chi connectivity index (χ3v) is 5.38. The number of nitrogens with zero attached hydrogens (tertiary/aromatic N) is 2. The molecule has 0 aliphatic rings. The zero-order valence-corrected chi connectivity index (χ0v) is 14.7. The van der Waals surface area contributed by atoms with Crippen molar-refractivity contribution < 1.29 is 8.42 Å². The molecule has 5 nitrogen and oxygen atoms in total. The zero-order valence-electron chi connectivity index (χ0n) is 13.1. The highest BCUT2D eigenvalue weighted by Crippen LogP contribution is 2.23. The van der Waals surface area contributed by atoms with Crippen molar-refractivity contribution in [1.82, 2.24) is 14.5 Å². The van der Waals surface area contributed by atoms with Crippen molar-refractivity contribution in [1.29, 1.82) is 0 Å². The van der Waals surface area contributed by atoms with Crippen molar-refractivity contribution in [2.45, 2.75) is 6.54 Å². The van der Waals surface area contributed by atoms with Crippen LogP contribution < -0.4 is 4.72 Å². The minimum absolute atomic E-state index is 0.191. The van der Waals surface area contributed by atoms with Crippen LogP contribution in [0.15, 0.2) is 59.3 Å². The van der Waals surface area contributed by atoms with E-state index in [1.807, 2.05) is 53.9 Å². The topological polar surface area (TPSA) is 64.0 Å². The average molecular weight is 359 g/mol. The van der Waals surface area contributed by atoms with Gasteiger partial charge in [-0.2, -0.15) is 5.10 Å². The molecule has 3 aromatic rings. The van der Waals surface area contributed by atoms with Crippen LogP contribution in [0, 0.1) is 0 Å². The third-order valence-electron chi connectivity index (χ3n) is 3.44. The Morgan fingerprint density at radius 1 is 1.21 bits per heavy atom. The van der Waals surface area contributed by atoms with Crippen molar-refractivity contribution in [2.24, 2.45) is 7.05 Å². The summed E-state index contributed by atoms with van der Waals surface area (Å²) in [7, 11) is -1.70. The number of aryl methyl sites for hydroxylation is 1. The number of nitrogens with one attached hydrogen (secondary N) is 1. The van der Waals surface area contributed by atoms with Crippen LogP contribution in [-0.4, -0.2) is 18.2 Å². The van der Waals surface area contributed by atoms with Crippen LogP contribution >= 0.6 is 11.3 Å². The van der Waals surface area contributed by atoms with Gasteiger partial charge in [0, 0.05) is 12.5 Å². The van der Waals surface area contributed by atoms with Crippen LogP contribution in [0.25, 0.3) is 16.6 Å². The Balaban J connectivity index is 1.68. The lowest BCUT2D eigenvalue weighted by molar-refractivity contribution is 0.586. The molecule has 124 valence electrons.